The number of nitrogens with two attached hydrogens (primary N) is 1. The zero-order valence-electron chi connectivity index (χ0n) is 7.38. The molecule has 0 atom stereocenters. The Morgan fingerprint density at radius 1 is 1.54 bits per heavy atom. The number of ether oxygens (including phenoxy) is 1. The molecule has 72 valence electrons. The van der Waals surface area contributed by atoms with Crippen molar-refractivity contribution in [2.45, 2.75) is 6.92 Å². The first kappa shape index (κ1) is 10.3. The van der Waals surface area contributed by atoms with Gasteiger partial charge < -0.3 is 15.6 Å². The number of rotatable bonds is 3. The Labute approximate surface area is 85.6 Å². The van der Waals surface area contributed by atoms with Gasteiger partial charge in [-0.15, -0.1) is 0 Å². The molecule has 1 aromatic carbocycles. The predicted octanol–water partition coefficient (Wildman–Crippen LogP) is 1.71. The van der Waals surface area contributed by atoms with E-state index < -0.39 is 0 Å². The molecule has 1 rings (SSSR count). The van der Waals surface area contributed by atoms with Gasteiger partial charge in [0.1, 0.15) is 12.4 Å². The van der Waals surface area contributed by atoms with Crippen molar-refractivity contribution in [3.8, 4) is 5.75 Å². The normalized spacial score (nSPS) is 10.1. The van der Waals surface area contributed by atoms with Gasteiger partial charge in [0.05, 0.1) is 11.1 Å². The monoisotopic (exact) mass is 245 g/mol. The van der Waals surface area contributed by atoms with E-state index in [0.717, 1.165) is 15.7 Å². The van der Waals surface area contributed by atoms with Crippen LogP contribution in [0, 0.1) is 6.92 Å². The minimum absolute atomic E-state index is 0.00979. The van der Waals surface area contributed by atoms with Gasteiger partial charge in [-0.05, 0) is 40.5 Å². The summed E-state index contributed by atoms with van der Waals surface area (Å²) >= 11 is 3.32. The fourth-order valence-electron chi connectivity index (χ4n) is 0.937. The van der Waals surface area contributed by atoms with E-state index in [0.29, 0.717) is 12.4 Å². The molecule has 4 heteroatoms. The number of hydrogen-bond donors (Lipinski definition) is 2. The van der Waals surface area contributed by atoms with E-state index >= 15 is 0 Å². The van der Waals surface area contributed by atoms with E-state index in [4.69, 9.17) is 15.6 Å². The average molecular weight is 246 g/mol. The van der Waals surface area contributed by atoms with Crippen molar-refractivity contribution < 1.29 is 9.84 Å². The quantitative estimate of drug-likeness (QED) is 0.798. The Morgan fingerprint density at radius 3 is 2.85 bits per heavy atom. The van der Waals surface area contributed by atoms with Crippen LogP contribution in [0.15, 0.2) is 16.6 Å². The summed E-state index contributed by atoms with van der Waals surface area (Å²) in [6, 6.07) is 3.64. The summed E-state index contributed by atoms with van der Waals surface area (Å²) in [6.07, 6.45) is 0. The second-order valence-electron chi connectivity index (χ2n) is 2.71. The van der Waals surface area contributed by atoms with Crippen LogP contribution in [0.25, 0.3) is 0 Å². The number of aliphatic hydroxyl groups excluding tert-OH is 1. The molecule has 0 aliphatic rings. The van der Waals surface area contributed by atoms with E-state index in [1.807, 2.05) is 13.0 Å². The first-order chi connectivity index (χ1) is 6.15. The summed E-state index contributed by atoms with van der Waals surface area (Å²) in [4.78, 5) is 0. The van der Waals surface area contributed by atoms with E-state index in [1.54, 1.807) is 6.07 Å². The van der Waals surface area contributed by atoms with Crippen molar-refractivity contribution >= 4 is 21.6 Å². The van der Waals surface area contributed by atoms with E-state index in [2.05, 4.69) is 15.9 Å². The highest BCUT2D eigenvalue weighted by Crippen LogP contribution is 2.29. The zero-order chi connectivity index (χ0) is 9.84. The third-order valence-electron chi connectivity index (χ3n) is 1.67. The Kier molecular flexibility index (Phi) is 3.57. The minimum atomic E-state index is 0.00979. The van der Waals surface area contributed by atoms with Crippen molar-refractivity contribution in [3.63, 3.8) is 0 Å². The molecule has 3 N–H and O–H groups in total. The molecular formula is C9H12BrNO2. The fraction of sp³-hybridized carbons (Fsp3) is 0.333. The van der Waals surface area contributed by atoms with Gasteiger partial charge in [-0.2, -0.15) is 0 Å². The standard InChI is InChI=1S/C9H12BrNO2/c1-6-4-9(13-3-2-12)7(10)5-8(6)11/h4-5,12H,2-3,11H2,1H3. The number of halogens is 1. The summed E-state index contributed by atoms with van der Waals surface area (Å²) in [6.45, 7) is 2.21. The van der Waals surface area contributed by atoms with Gasteiger partial charge in [-0.3, -0.25) is 0 Å². The SMILES string of the molecule is Cc1cc(OCCO)c(Br)cc1N. The Morgan fingerprint density at radius 2 is 2.23 bits per heavy atom. The lowest BCUT2D eigenvalue weighted by molar-refractivity contribution is 0.200. The van der Waals surface area contributed by atoms with Crippen LogP contribution in [0.4, 0.5) is 5.69 Å². The van der Waals surface area contributed by atoms with E-state index in [1.165, 1.54) is 0 Å². The van der Waals surface area contributed by atoms with Gasteiger partial charge in [0.25, 0.3) is 0 Å². The molecule has 0 bridgehead atoms. The van der Waals surface area contributed by atoms with Crippen LogP contribution in [0.2, 0.25) is 0 Å². The molecule has 0 amide bonds. The third kappa shape index (κ3) is 2.60. The molecule has 0 saturated carbocycles. The van der Waals surface area contributed by atoms with Crippen LogP contribution in [0.1, 0.15) is 5.56 Å². The molecule has 0 spiro atoms. The highest BCUT2D eigenvalue weighted by atomic mass is 79.9. The number of anilines is 1. The maximum atomic E-state index is 8.58. The lowest BCUT2D eigenvalue weighted by Crippen LogP contribution is -2.03. The van der Waals surface area contributed by atoms with Crippen LogP contribution in [-0.2, 0) is 0 Å². The molecule has 3 nitrogen and oxygen atoms in total. The van der Waals surface area contributed by atoms with Crippen molar-refractivity contribution in [2.24, 2.45) is 0 Å². The van der Waals surface area contributed by atoms with Crippen LogP contribution >= 0.6 is 15.9 Å². The van der Waals surface area contributed by atoms with Crippen LogP contribution in [-0.4, -0.2) is 18.3 Å². The highest BCUT2D eigenvalue weighted by Gasteiger charge is 2.03. The summed E-state index contributed by atoms with van der Waals surface area (Å²) in [7, 11) is 0. The van der Waals surface area contributed by atoms with Gasteiger partial charge >= 0.3 is 0 Å². The lowest BCUT2D eigenvalue weighted by atomic mass is 10.2. The van der Waals surface area contributed by atoms with Crippen molar-refractivity contribution in [1.82, 2.24) is 0 Å². The minimum Gasteiger partial charge on any atom is -0.490 e. The second-order valence-corrected chi connectivity index (χ2v) is 3.57. The van der Waals surface area contributed by atoms with Gasteiger partial charge in [-0.1, -0.05) is 0 Å². The van der Waals surface area contributed by atoms with Crippen molar-refractivity contribution in [2.75, 3.05) is 18.9 Å². The smallest absolute Gasteiger partial charge is 0.134 e. The Bertz CT molecular complexity index is 302. The molecule has 0 aromatic heterocycles. The average Bonchev–Trinajstić information content (AvgIpc) is 2.09. The molecule has 0 fully saturated rings. The summed E-state index contributed by atoms with van der Waals surface area (Å²) in [5.74, 6) is 0.709. The molecular weight excluding hydrogens is 234 g/mol. The summed E-state index contributed by atoms with van der Waals surface area (Å²) < 4.78 is 6.08. The first-order valence-corrected chi connectivity index (χ1v) is 4.73. The van der Waals surface area contributed by atoms with E-state index in [9.17, 15) is 0 Å². The van der Waals surface area contributed by atoms with Crippen molar-refractivity contribution in [3.05, 3.63) is 22.2 Å². The van der Waals surface area contributed by atoms with Gasteiger partial charge in [0.2, 0.25) is 0 Å². The molecule has 0 saturated heterocycles. The molecule has 0 unspecified atom stereocenters. The molecule has 0 radical (unpaired) electrons. The van der Waals surface area contributed by atoms with Crippen molar-refractivity contribution in [1.29, 1.82) is 0 Å². The van der Waals surface area contributed by atoms with Crippen LogP contribution in [0.3, 0.4) is 0 Å². The number of hydrogen-bond acceptors (Lipinski definition) is 3. The van der Waals surface area contributed by atoms with Gasteiger partial charge in [-0.25, -0.2) is 0 Å². The zero-order valence-corrected chi connectivity index (χ0v) is 8.97. The summed E-state index contributed by atoms with van der Waals surface area (Å²) in [5.41, 5.74) is 7.38. The number of aryl methyl sites for hydroxylation is 1. The lowest BCUT2D eigenvalue weighted by Gasteiger charge is -2.09. The Balaban J connectivity index is 2.88. The second kappa shape index (κ2) is 4.48. The van der Waals surface area contributed by atoms with Gasteiger partial charge in [0.15, 0.2) is 0 Å². The molecule has 0 aliphatic heterocycles. The number of benzene rings is 1. The summed E-state index contributed by atoms with van der Waals surface area (Å²) in [5, 5.41) is 8.58. The topological polar surface area (TPSA) is 55.5 Å². The van der Waals surface area contributed by atoms with Crippen LogP contribution < -0.4 is 10.5 Å². The molecule has 0 aliphatic carbocycles. The maximum Gasteiger partial charge on any atom is 0.134 e. The fourth-order valence-corrected chi connectivity index (χ4v) is 1.41. The largest absolute Gasteiger partial charge is 0.490 e. The highest BCUT2D eigenvalue weighted by molar-refractivity contribution is 9.10. The van der Waals surface area contributed by atoms with E-state index in [-0.39, 0.29) is 6.61 Å². The third-order valence-corrected chi connectivity index (χ3v) is 2.29. The molecule has 0 heterocycles. The molecule has 13 heavy (non-hydrogen) atoms. The maximum absolute atomic E-state index is 8.58. The number of nitrogen functional groups attached to an aromatic ring is 1. The van der Waals surface area contributed by atoms with Gasteiger partial charge in [0, 0.05) is 5.69 Å². The predicted molar refractivity (Wildman–Crippen MR) is 55.9 cm³/mol. The number of aliphatic hydroxyl groups is 1. The first-order valence-electron chi connectivity index (χ1n) is 3.94. The molecule has 1 aromatic rings. The Hall–Kier alpha value is -0.740. The van der Waals surface area contributed by atoms with Crippen LogP contribution in [0.5, 0.6) is 5.75 Å².